The van der Waals surface area contributed by atoms with E-state index in [1.165, 1.54) is 44.5 Å². The topological polar surface area (TPSA) is 0 Å². The summed E-state index contributed by atoms with van der Waals surface area (Å²) in [6.45, 7) is 15.7. The third kappa shape index (κ3) is 11.8. The van der Waals surface area contributed by atoms with Crippen molar-refractivity contribution >= 4 is 21.2 Å². The van der Waals surface area contributed by atoms with Gasteiger partial charge in [0, 0.05) is 0 Å². The maximum absolute atomic E-state index is 10.7. The van der Waals surface area contributed by atoms with Crippen LogP contribution in [-0.2, 0) is 20.3 Å². The van der Waals surface area contributed by atoms with Gasteiger partial charge in [0.25, 0.3) is 0 Å². The van der Waals surface area contributed by atoms with Crippen LogP contribution in [0.4, 0.5) is 50.4 Å². The Morgan fingerprint density at radius 3 is 1.10 bits per heavy atom. The monoisotopic (exact) mass is 559 g/mol. The molecular formula is C16H21F12FeP2. The molecule has 1 unspecified atom stereocenters. The first-order valence-corrected chi connectivity index (χ1v) is 12.8. The van der Waals surface area contributed by atoms with Crippen molar-refractivity contribution in [3.63, 3.8) is 0 Å². The maximum atomic E-state index is 9.87. The van der Waals surface area contributed by atoms with E-state index in [4.69, 9.17) is 0 Å². The van der Waals surface area contributed by atoms with Crippen LogP contribution in [-0.4, -0.2) is 0 Å². The Bertz CT molecular complexity index is 885. The summed E-state index contributed by atoms with van der Waals surface area (Å²) in [6.07, 6.45) is 0. The number of rotatable bonds is 0. The molecule has 15 heteroatoms. The van der Waals surface area contributed by atoms with Crippen molar-refractivity contribution in [2.45, 2.75) is 52.8 Å². The molecule has 2 rings (SSSR count). The van der Waals surface area contributed by atoms with Gasteiger partial charge >= 0.3 is 179 Å². The molecule has 0 spiro atoms. The molecule has 1 aliphatic rings. The Morgan fingerprint density at radius 2 is 0.806 bits per heavy atom. The quantitative estimate of drug-likeness (QED) is 0.169. The number of fused-ring (bicyclic) bond motifs is 1. The molecule has 0 nitrogen and oxygen atoms in total. The molecule has 0 saturated heterocycles. The van der Waals surface area contributed by atoms with Crippen LogP contribution < -0.4 is 0 Å². The Balaban J connectivity index is 0.000000536. The molecule has 1 aromatic carbocycles. The third-order valence-electron chi connectivity index (χ3n) is 4.78. The van der Waals surface area contributed by atoms with Crippen molar-refractivity contribution in [3.05, 3.63) is 39.0 Å². The molecule has 0 amide bonds. The van der Waals surface area contributed by atoms with Gasteiger partial charge in [0.2, 0.25) is 0 Å². The number of halogens is 12. The summed E-state index contributed by atoms with van der Waals surface area (Å²) in [6, 6.07) is 0. The number of benzene rings is 1. The Kier molecular flexibility index (Phi) is 6.66. The predicted octanol–water partition coefficient (Wildman–Crippen LogP) is 11.3. The molecule has 1 atom stereocenters. The van der Waals surface area contributed by atoms with Gasteiger partial charge in [-0.15, -0.1) is 0 Å². The number of hydrogen-bond donors (Lipinski definition) is 0. The molecule has 0 heterocycles. The summed E-state index contributed by atoms with van der Waals surface area (Å²) >= 11 is 4.46. The molecule has 0 aliphatic heterocycles. The van der Waals surface area contributed by atoms with Crippen molar-refractivity contribution in [1.29, 1.82) is 0 Å². The second-order valence-corrected chi connectivity index (χ2v) is 12.3. The van der Waals surface area contributed by atoms with E-state index >= 15 is 0 Å². The summed E-state index contributed by atoms with van der Waals surface area (Å²) in [5, 5.41) is 0. The summed E-state index contributed by atoms with van der Waals surface area (Å²) in [5.41, 5.74) is 11.5. The molecule has 0 radical (unpaired) electrons. The number of hydrogen-bond acceptors (Lipinski definition) is 0. The second-order valence-electron chi connectivity index (χ2n) is 7.40. The average molecular weight is 559 g/mol. The fraction of sp³-hybridized carbons (Fsp3) is 0.500. The minimum atomic E-state index is -10.7. The van der Waals surface area contributed by atoms with Gasteiger partial charge in [0.1, 0.15) is 0 Å². The van der Waals surface area contributed by atoms with Crippen molar-refractivity contribution in [3.8, 4) is 0 Å². The van der Waals surface area contributed by atoms with Gasteiger partial charge < -0.3 is 0 Å². The van der Waals surface area contributed by atoms with Crippen molar-refractivity contribution in [1.82, 2.24) is 0 Å². The van der Waals surface area contributed by atoms with E-state index < -0.39 is 15.6 Å². The van der Waals surface area contributed by atoms with Crippen LogP contribution in [0.2, 0.25) is 0 Å². The standard InChI is InChI=1S/C16H21.2F6P.Fe/c1-8-9(2)12(5)16-14(7)10(3)13(6)15(16)11(8)4;2*1-7(2,3,4,5)6;/h1-7H3;;;/q;2*-1;+2. The molecule has 187 valence electrons. The van der Waals surface area contributed by atoms with Crippen LogP contribution in [0.5, 0.6) is 0 Å². The Labute approximate surface area is 179 Å². The van der Waals surface area contributed by atoms with Gasteiger partial charge in [-0.3, -0.25) is 0 Å². The van der Waals surface area contributed by atoms with Crippen LogP contribution in [0.15, 0.2) is 5.57 Å². The van der Waals surface area contributed by atoms with Crippen LogP contribution in [0.3, 0.4) is 0 Å². The molecule has 0 bridgehead atoms. The second kappa shape index (κ2) is 6.77. The normalized spacial score (nSPS) is 23.2. The van der Waals surface area contributed by atoms with E-state index in [0.717, 1.165) is 0 Å². The summed E-state index contributed by atoms with van der Waals surface area (Å²) < 4.78 is 118. The summed E-state index contributed by atoms with van der Waals surface area (Å²) in [4.78, 5) is 0. The zero-order chi connectivity index (χ0) is 25.9. The van der Waals surface area contributed by atoms with Crippen molar-refractivity contribution < 1.29 is 66.4 Å². The minimum absolute atomic E-state index is 0.0489. The molecule has 0 aromatic heterocycles. The van der Waals surface area contributed by atoms with Gasteiger partial charge in [-0.1, -0.05) is 0 Å². The Morgan fingerprint density at radius 1 is 0.548 bits per heavy atom. The zero-order valence-electron chi connectivity index (χ0n) is 17.3. The fourth-order valence-corrected chi connectivity index (χ4v) is 3.64. The van der Waals surface area contributed by atoms with Gasteiger partial charge in [0.05, 0.1) is 0 Å². The first-order chi connectivity index (χ1) is 12.6. The van der Waals surface area contributed by atoms with E-state index in [0.29, 0.717) is 0 Å². The van der Waals surface area contributed by atoms with Gasteiger partial charge in [-0.2, -0.15) is 0 Å². The summed E-state index contributed by atoms with van der Waals surface area (Å²) in [5.74, 6) is 0. The number of allylic oxidation sites excluding steroid dienone is 2. The van der Waals surface area contributed by atoms with Gasteiger partial charge in [-0.25, -0.2) is 0 Å². The predicted molar refractivity (Wildman–Crippen MR) is 98.1 cm³/mol. The first-order valence-electron chi connectivity index (χ1n) is 8.21. The van der Waals surface area contributed by atoms with Crippen molar-refractivity contribution in [2.24, 2.45) is 0 Å². The molecular weight excluding hydrogens is 538 g/mol. The van der Waals surface area contributed by atoms with Gasteiger partial charge in [0.15, 0.2) is 0 Å². The molecule has 1 aromatic rings. The van der Waals surface area contributed by atoms with Crippen LogP contribution in [0.25, 0.3) is 5.57 Å². The molecule has 0 N–H and O–H groups in total. The van der Waals surface area contributed by atoms with Crippen LogP contribution in [0.1, 0.15) is 54.2 Å². The van der Waals surface area contributed by atoms with Gasteiger partial charge in [-0.05, 0) is 0 Å². The molecule has 1 aliphatic carbocycles. The molecule has 31 heavy (non-hydrogen) atoms. The first kappa shape index (κ1) is 30.5. The van der Waals surface area contributed by atoms with E-state index in [2.05, 4.69) is 64.5 Å². The molecule has 0 saturated carbocycles. The average Bonchev–Trinajstić information content (AvgIpc) is 2.56. The fourth-order valence-electron chi connectivity index (χ4n) is 3.08. The van der Waals surface area contributed by atoms with E-state index in [1.54, 1.807) is 0 Å². The van der Waals surface area contributed by atoms with Crippen molar-refractivity contribution in [2.75, 3.05) is 0 Å². The van der Waals surface area contributed by atoms with Crippen LogP contribution in [0, 0.1) is 27.7 Å². The molecule has 0 fully saturated rings. The SMILES string of the molecule is CC1=C(C)[C](C)([Fe+2])c2c(C)c(C)c(C)c(C)c21.F[P-](F)(F)(F)(F)F.F[P-](F)(F)(F)(F)F. The van der Waals surface area contributed by atoms with E-state index in [9.17, 15) is 50.4 Å². The van der Waals surface area contributed by atoms with Crippen LogP contribution >= 0.6 is 15.6 Å². The van der Waals surface area contributed by atoms with E-state index in [-0.39, 0.29) is 4.31 Å². The Hall–Kier alpha value is -0.501. The summed E-state index contributed by atoms with van der Waals surface area (Å²) in [7, 11) is -21.3. The zero-order valence-corrected chi connectivity index (χ0v) is 20.2. The van der Waals surface area contributed by atoms with E-state index in [1.807, 2.05) is 0 Å². The third-order valence-corrected chi connectivity index (χ3v) is 5.47.